The number of carbonyl (C=O) groups is 1. The molecule has 1 amide bonds. The number of likely N-dealkylation sites (tertiary alicyclic amines) is 1. The second-order valence-corrected chi connectivity index (χ2v) is 10.4. The summed E-state index contributed by atoms with van der Waals surface area (Å²) in [6, 6.07) is 15.2. The lowest BCUT2D eigenvalue weighted by Crippen LogP contribution is -2.38. The summed E-state index contributed by atoms with van der Waals surface area (Å²) in [4.78, 5) is 15.0. The van der Waals surface area contributed by atoms with Crippen LogP contribution in [0.15, 0.2) is 53.4 Å². The highest BCUT2D eigenvalue weighted by Gasteiger charge is 2.29. The van der Waals surface area contributed by atoms with E-state index in [1.165, 1.54) is 17.2 Å². The Morgan fingerprint density at radius 1 is 1.03 bits per heavy atom. The molecule has 2 aliphatic rings. The average Bonchev–Trinajstić information content (AvgIpc) is 3.57. The molecule has 1 N–H and O–H groups in total. The third-order valence-corrected chi connectivity index (χ3v) is 7.67. The number of amides is 1. The van der Waals surface area contributed by atoms with Gasteiger partial charge >= 0.3 is 0 Å². The molecule has 0 atom stereocenters. The Labute approximate surface area is 179 Å². The average molecular weight is 427 g/mol. The minimum Gasteiger partial charge on any atom is -0.339 e. The zero-order valence-electron chi connectivity index (χ0n) is 17.5. The van der Waals surface area contributed by atoms with Gasteiger partial charge in [0.05, 0.1) is 4.90 Å². The van der Waals surface area contributed by atoms with Crippen LogP contribution in [0.3, 0.4) is 0 Å². The summed E-state index contributed by atoms with van der Waals surface area (Å²) in [5, 5.41) is 0. The Morgan fingerprint density at radius 2 is 1.73 bits per heavy atom. The minimum absolute atomic E-state index is 0.0493. The molecule has 1 heterocycles. The van der Waals surface area contributed by atoms with E-state index < -0.39 is 10.0 Å². The van der Waals surface area contributed by atoms with E-state index >= 15 is 0 Å². The molecule has 0 spiro atoms. The number of rotatable bonds is 7. The summed E-state index contributed by atoms with van der Waals surface area (Å²) in [6.45, 7) is 3.56. The fourth-order valence-corrected chi connectivity index (χ4v) is 5.37. The number of nitrogens with one attached hydrogen (secondary N) is 1. The predicted octanol–water partition coefficient (Wildman–Crippen LogP) is 3.92. The van der Waals surface area contributed by atoms with Crippen molar-refractivity contribution in [3.63, 3.8) is 0 Å². The fourth-order valence-electron chi connectivity index (χ4n) is 4.02. The zero-order valence-corrected chi connectivity index (χ0v) is 18.3. The van der Waals surface area contributed by atoms with Crippen molar-refractivity contribution in [1.29, 1.82) is 0 Å². The largest absolute Gasteiger partial charge is 0.339 e. The molecule has 1 saturated carbocycles. The monoisotopic (exact) mass is 426 g/mol. The van der Waals surface area contributed by atoms with E-state index in [1.807, 2.05) is 4.90 Å². The second kappa shape index (κ2) is 8.90. The van der Waals surface area contributed by atoms with Crippen LogP contribution in [0.25, 0.3) is 0 Å². The first-order valence-corrected chi connectivity index (χ1v) is 12.4. The molecule has 0 radical (unpaired) electrons. The maximum Gasteiger partial charge on any atom is 0.253 e. The van der Waals surface area contributed by atoms with Crippen LogP contribution in [0.1, 0.15) is 53.6 Å². The van der Waals surface area contributed by atoms with E-state index in [0.29, 0.717) is 11.5 Å². The smallest absolute Gasteiger partial charge is 0.253 e. The first-order valence-electron chi connectivity index (χ1n) is 10.9. The van der Waals surface area contributed by atoms with Crippen LogP contribution >= 0.6 is 0 Å². The van der Waals surface area contributed by atoms with Crippen molar-refractivity contribution in [2.45, 2.75) is 56.4 Å². The Kier molecular flexibility index (Phi) is 6.25. The standard InChI is InChI=1S/C24H30N2O3S/c1-18-5-7-19(8-6-18)9-10-20-13-15-26(16-14-20)24(27)21-3-2-4-23(17-21)30(28,29)25-22-11-12-22/h2-8,17,20,22,25H,9-16H2,1H3. The van der Waals surface area contributed by atoms with E-state index in [9.17, 15) is 13.2 Å². The number of hydrogen-bond acceptors (Lipinski definition) is 3. The lowest BCUT2D eigenvalue weighted by Gasteiger charge is -2.32. The van der Waals surface area contributed by atoms with Crippen molar-refractivity contribution in [2.75, 3.05) is 13.1 Å². The molecule has 2 aromatic carbocycles. The van der Waals surface area contributed by atoms with Crippen LogP contribution in [0.4, 0.5) is 0 Å². The molecule has 4 rings (SSSR count). The lowest BCUT2D eigenvalue weighted by molar-refractivity contribution is 0.0686. The van der Waals surface area contributed by atoms with Crippen LogP contribution in [0.2, 0.25) is 0 Å². The molecule has 0 aromatic heterocycles. The van der Waals surface area contributed by atoms with Crippen molar-refractivity contribution in [2.24, 2.45) is 5.92 Å². The first-order chi connectivity index (χ1) is 14.4. The highest BCUT2D eigenvalue weighted by molar-refractivity contribution is 7.89. The van der Waals surface area contributed by atoms with Crippen molar-refractivity contribution < 1.29 is 13.2 Å². The lowest BCUT2D eigenvalue weighted by atomic mass is 9.90. The fraction of sp³-hybridized carbons (Fsp3) is 0.458. The molecular weight excluding hydrogens is 396 g/mol. The van der Waals surface area contributed by atoms with Crippen molar-refractivity contribution in [3.8, 4) is 0 Å². The van der Waals surface area contributed by atoms with Crippen molar-refractivity contribution in [3.05, 3.63) is 65.2 Å². The Balaban J connectivity index is 1.31. The summed E-state index contributed by atoms with van der Waals surface area (Å²) >= 11 is 0. The molecule has 160 valence electrons. The SMILES string of the molecule is Cc1ccc(CCC2CCN(C(=O)c3cccc(S(=O)(=O)NC4CC4)c3)CC2)cc1. The minimum atomic E-state index is -3.55. The third-order valence-electron chi connectivity index (χ3n) is 6.15. The van der Waals surface area contributed by atoms with Gasteiger partial charge in [-0.3, -0.25) is 4.79 Å². The highest BCUT2D eigenvalue weighted by atomic mass is 32.2. The number of piperidine rings is 1. The molecule has 0 bridgehead atoms. The van der Waals surface area contributed by atoms with E-state index in [2.05, 4.69) is 35.9 Å². The van der Waals surface area contributed by atoms with Gasteiger partial charge in [-0.15, -0.1) is 0 Å². The molecular formula is C24H30N2O3S. The number of sulfonamides is 1. The van der Waals surface area contributed by atoms with Gasteiger partial charge in [-0.1, -0.05) is 35.9 Å². The van der Waals surface area contributed by atoms with E-state index in [4.69, 9.17) is 0 Å². The number of aryl methyl sites for hydroxylation is 2. The van der Waals surface area contributed by atoms with Gasteiger partial charge in [0.2, 0.25) is 10.0 Å². The molecule has 2 fully saturated rings. The zero-order chi connectivity index (χ0) is 21.1. The van der Waals surface area contributed by atoms with Crippen molar-refractivity contribution >= 4 is 15.9 Å². The maximum absolute atomic E-state index is 12.9. The van der Waals surface area contributed by atoms with Gasteiger partial charge in [0.25, 0.3) is 5.91 Å². The highest BCUT2D eigenvalue weighted by Crippen LogP contribution is 2.25. The number of hydrogen-bond donors (Lipinski definition) is 1. The summed E-state index contributed by atoms with van der Waals surface area (Å²) in [7, 11) is -3.55. The molecule has 6 heteroatoms. The van der Waals surface area contributed by atoms with Gasteiger partial charge in [0, 0.05) is 24.7 Å². The molecule has 0 unspecified atom stereocenters. The number of carbonyl (C=O) groups excluding carboxylic acids is 1. The van der Waals surface area contributed by atoms with Crippen LogP contribution in [-0.4, -0.2) is 38.4 Å². The van der Waals surface area contributed by atoms with Gasteiger partial charge in [0.1, 0.15) is 0 Å². The first kappa shape index (κ1) is 21.1. The summed E-state index contributed by atoms with van der Waals surface area (Å²) in [5.74, 6) is 0.556. The van der Waals surface area contributed by atoms with Crippen LogP contribution < -0.4 is 4.72 Å². The Bertz CT molecular complexity index is 989. The normalized spacial score (nSPS) is 17.8. The van der Waals surface area contributed by atoms with Gasteiger partial charge in [-0.05, 0) is 75.1 Å². The van der Waals surface area contributed by atoms with Crippen molar-refractivity contribution in [1.82, 2.24) is 9.62 Å². The third kappa shape index (κ3) is 5.29. The van der Waals surface area contributed by atoms with E-state index in [-0.39, 0.29) is 16.8 Å². The van der Waals surface area contributed by atoms with Crippen LogP contribution in [-0.2, 0) is 16.4 Å². The van der Waals surface area contributed by atoms with Gasteiger partial charge in [-0.25, -0.2) is 13.1 Å². The molecule has 2 aromatic rings. The Morgan fingerprint density at radius 3 is 2.40 bits per heavy atom. The topological polar surface area (TPSA) is 66.5 Å². The Hall–Kier alpha value is -2.18. The quantitative estimate of drug-likeness (QED) is 0.730. The van der Waals surface area contributed by atoms with Crippen LogP contribution in [0.5, 0.6) is 0 Å². The molecule has 30 heavy (non-hydrogen) atoms. The van der Waals surface area contributed by atoms with Gasteiger partial charge in [-0.2, -0.15) is 0 Å². The number of benzene rings is 2. The van der Waals surface area contributed by atoms with Gasteiger partial charge < -0.3 is 4.90 Å². The second-order valence-electron chi connectivity index (χ2n) is 8.68. The summed E-state index contributed by atoms with van der Waals surface area (Å²) in [5.41, 5.74) is 3.11. The van der Waals surface area contributed by atoms with Crippen LogP contribution in [0, 0.1) is 12.8 Å². The number of nitrogens with zero attached hydrogens (tertiary/aromatic N) is 1. The maximum atomic E-state index is 12.9. The van der Waals surface area contributed by atoms with E-state index in [1.54, 1.807) is 18.2 Å². The van der Waals surface area contributed by atoms with E-state index in [0.717, 1.165) is 51.6 Å². The predicted molar refractivity (Wildman–Crippen MR) is 118 cm³/mol. The molecule has 1 aliphatic heterocycles. The summed E-state index contributed by atoms with van der Waals surface area (Å²) < 4.78 is 27.6. The van der Waals surface area contributed by atoms with Gasteiger partial charge in [0.15, 0.2) is 0 Å². The molecule has 1 aliphatic carbocycles. The summed E-state index contributed by atoms with van der Waals surface area (Å²) in [6.07, 6.45) is 5.99. The molecule has 5 nitrogen and oxygen atoms in total. The molecule has 1 saturated heterocycles.